The molecule has 0 unspecified atom stereocenters. The lowest BCUT2D eigenvalue weighted by Crippen LogP contribution is -2.61. The van der Waals surface area contributed by atoms with Gasteiger partial charge in [-0.1, -0.05) is 119 Å². The van der Waals surface area contributed by atoms with Crippen molar-refractivity contribution < 1.29 is 28.8 Å². The molecule has 0 bridgehead atoms. The number of nitrogens with one attached hydrogen (secondary N) is 6. The summed E-state index contributed by atoms with van der Waals surface area (Å²) in [5.41, 5.74) is 22.0. The maximum absolute atomic E-state index is 14.8. The van der Waals surface area contributed by atoms with Gasteiger partial charge in [-0.2, -0.15) is 0 Å². The first-order chi connectivity index (χ1) is 35.3. The Morgan fingerprint density at radius 2 is 1.37 bits per heavy atom. The minimum absolute atomic E-state index is 0.0119. The second-order valence-electron chi connectivity index (χ2n) is 19.5. The van der Waals surface area contributed by atoms with Crippen LogP contribution in [-0.2, 0) is 54.6 Å². The van der Waals surface area contributed by atoms with Gasteiger partial charge in [0, 0.05) is 53.8 Å². The number of carbonyl (C=O) groups excluding carboxylic acids is 6. The fourth-order valence-electron chi connectivity index (χ4n) is 9.67. The molecule has 17 nitrogen and oxygen atoms in total. The smallest absolute Gasteiger partial charge is 0.243 e. The topological polar surface area (TPSA) is 274 Å². The molecule has 6 amide bonds. The molecular weight excluding hydrogens is 943 g/mol. The lowest BCUT2D eigenvalue weighted by Gasteiger charge is -2.31. The number of benzene rings is 3. The van der Waals surface area contributed by atoms with Crippen molar-refractivity contribution in [3.8, 4) is 0 Å². The molecular formula is C55H71N11O6S. The van der Waals surface area contributed by atoms with E-state index in [0.717, 1.165) is 69.8 Å². The van der Waals surface area contributed by atoms with Crippen molar-refractivity contribution in [1.29, 1.82) is 0 Å². The predicted molar refractivity (Wildman–Crippen MR) is 285 cm³/mol. The van der Waals surface area contributed by atoms with E-state index >= 15 is 0 Å². The van der Waals surface area contributed by atoms with Crippen LogP contribution in [0.2, 0.25) is 0 Å². The SMILES string of the molecule is CC[C@H](C)[C@H](NC(=O)[C@H](CC1CCCCC1)NC(=O)[C@@H](Cc1c[nH]c2ccccc12)NC(=O)[C@@H](N)CCCN)C(=O)N[C@@H](Cc1csc2ccccc12)C(=O)N[C@@H](Cc1cn(Cc2ccccc2)cn1)C(N)=O. The maximum Gasteiger partial charge on any atom is 0.243 e. The number of imidazole rings is 1. The van der Waals surface area contributed by atoms with Gasteiger partial charge in [-0.3, -0.25) is 28.8 Å². The molecule has 0 saturated heterocycles. The Morgan fingerprint density at radius 3 is 2.08 bits per heavy atom. The molecule has 388 valence electrons. The molecule has 0 radical (unpaired) electrons. The summed E-state index contributed by atoms with van der Waals surface area (Å²) in [7, 11) is 0. The number of aromatic amines is 1. The zero-order valence-electron chi connectivity index (χ0n) is 41.8. The van der Waals surface area contributed by atoms with E-state index in [1.54, 1.807) is 18.7 Å². The van der Waals surface area contributed by atoms with E-state index in [2.05, 4.69) is 36.6 Å². The second kappa shape index (κ2) is 26.2. The van der Waals surface area contributed by atoms with Crippen LogP contribution in [-0.4, -0.2) is 92.8 Å². The van der Waals surface area contributed by atoms with Crippen LogP contribution in [0.3, 0.4) is 0 Å². The summed E-state index contributed by atoms with van der Waals surface area (Å²) in [5.74, 6) is -3.98. The first-order valence-electron chi connectivity index (χ1n) is 25.6. The summed E-state index contributed by atoms with van der Waals surface area (Å²) in [6.07, 6.45) is 11.9. The van der Waals surface area contributed by atoms with Crippen molar-refractivity contribution >= 4 is 67.8 Å². The summed E-state index contributed by atoms with van der Waals surface area (Å²) in [6.45, 7) is 4.64. The highest BCUT2D eigenvalue weighted by Crippen LogP contribution is 2.29. The van der Waals surface area contributed by atoms with Crippen LogP contribution in [0, 0.1) is 11.8 Å². The molecule has 1 fully saturated rings. The van der Waals surface area contributed by atoms with E-state index < -0.39 is 77.6 Å². The first-order valence-corrected chi connectivity index (χ1v) is 26.5. The number of para-hydroxylation sites is 1. The van der Waals surface area contributed by atoms with Crippen molar-refractivity contribution in [3.05, 3.63) is 125 Å². The number of thiophene rings is 1. The molecule has 0 aliphatic heterocycles. The molecule has 1 aliphatic carbocycles. The fraction of sp³-hybridized carbons (Fsp3) is 0.436. The van der Waals surface area contributed by atoms with E-state index in [1.807, 2.05) is 103 Å². The van der Waals surface area contributed by atoms with Gasteiger partial charge in [0.05, 0.1) is 18.1 Å². The van der Waals surface area contributed by atoms with Gasteiger partial charge in [-0.15, -0.1) is 11.3 Å². The molecule has 7 atom stereocenters. The van der Waals surface area contributed by atoms with Gasteiger partial charge in [0.2, 0.25) is 35.4 Å². The summed E-state index contributed by atoms with van der Waals surface area (Å²) < 4.78 is 2.88. The third kappa shape index (κ3) is 14.9. The van der Waals surface area contributed by atoms with E-state index in [1.165, 1.54) is 11.3 Å². The fourth-order valence-corrected chi connectivity index (χ4v) is 10.6. The molecule has 1 aliphatic rings. The minimum Gasteiger partial charge on any atom is -0.368 e. The minimum atomic E-state index is -1.20. The lowest BCUT2D eigenvalue weighted by atomic mass is 9.84. The normalized spacial score (nSPS) is 15.8. The van der Waals surface area contributed by atoms with Gasteiger partial charge < -0.3 is 53.3 Å². The van der Waals surface area contributed by atoms with Crippen molar-refractivity contribution in [1.82, 2.24) is 41.1 Å². The van der Waals surface area contributed by atoms with Crippen LogP contribution in [0.25, 0.3) is 21.0 Å². The number of nitrogens with zero attached hydrogens (tertiary/aromatic N) is 2. The van der Waals surface area contributed by atoms with Crippen molar-refractivity contribution in [2.24, 2.45) is 29.0 Å². The highest BCUT2D eigenvalue weighted by molar-refractivity contribution is 7.17. The van der Waals surface area contributed by atoms with Gasteiger partial charge in [0.15, 0.2) is 0 Å². The maximum atomic E-state index is 14.8. The number of hydrogen-bond donors (Lipinski definition) is 9. The van der Waals surface area contributed by atoms with E-state index in [4.69, 9.17) is 17.2 Å². The number of primary amides is 1. The third-order valence-electron chi connectivity index (χ3n) is 14.1. The van der Waals surface area contributed by atoms with Gasteiger partial charge in [-0.05, 0) is 77.2 Å². The molecule has 6 aromatic rings. The quantitative estimate of drug-likeness (QED) is 0.0366. The average Bonchev–Trinajstić information content (AvgIpc) is 4.15. The molecule has 1 saturated carbocycles. The van der Waals surface area contributed by atoms with Crippen molar-refractivity contribution in [2.75, 3.05) is 6.54 Å². The number of aromatic nitrogens is 3. The largest absolute Gasteiger partial charge is 0.368 e. The Balaban J connectivity index is 1.12. The van der Waals surface area contributed by atoms with Crippen molar-refractivity contribution in [2.45, 2.75) is 134 Å². The number of carbonyl (C=O) groups is 6. The number of nitrogens with two attached hydrogens (primary N) is 3. The number of rotatable bonds is 26. The van der Waals surface area contributed by atoms with E-state index in [0.29, 0.717) is 44.5 Å². The van der Waals surface area contributed by atoms with Crippen LogP contribution in [0.1, 0.15) is 94.0 Å². The Kier molecular flexibility index (Phi) is 19.3. The molecule has 0 spiro atoms. The predicted octanol–water partition coefficient (Wildman–Crippen LogP) is 4.65. The van der Waals surface area contributed by atoms with Gasteiger partial charge in [0.1, 0.15) is 30.2 Å². The first kappa shape index (κ1) is 53.9. The van der Waals surface area contributed by atoms with Crippen LogP contribution >= 0.6 is 11.3 Å². The Morgan fingerprint density at radius 1 is 0.740 bits per heavy atom. The molecule has 3 aromatic heterocycles. The second-order valence-corrected chi connectivity index (χ2v) is 20.5. The number of hydrogen-bond acceptors (Lipinski definition) is 10. The molecule has 3 heterocycles. The Bertz CT molecular complexity index is 2800. The molecule has 18 heteroatoms. The van der Waals surface area contributed by atoms with Crippen LogP contribution in [0.5, 0.6) is 0 Å². The number of fused-ring (bicyclic) bond motifs is 2. The zero-order chi connectivity index (χ0) is 51.9. The van der Waals surface area contributed by atoms with E-state index in [-0.39, 0.29) is 25.2 Å². The zero-order valence-corrected chi connectivity index (χ0v) is 42.6. The summed E-state index contributed by atoms with van der Waals surface area (Å²) in [6, 6.07) is 18.7. The van der Waals surface area contributed by atoms with Gasteiger partial charge >= 0.3 is 0 Å². The highest BCUT2D eigenvalue weighted by atomic mass is 32.1. The summed E-state index contributed by atoms with van der Waals surface area (Å²) in [4.78, 5) is 92.9. The monoisotopic (exact) mass is 1010 g/mol. The van der Waals surface area contributed by atoms with Crippen molar-refractivity contribution in [3.63, 3.8) is 0 Å². The van der Waals surface area contributed by atoms with Crippen LogP contribution < -0.4 is 43.8 Å². The highest BCUT2D eigenvalue weighted by Gasteiger charge is 2.36. The van der Waals surface area contributed by atoms with E-state index in [9.17, 15) is 28.8 Å². The molecule has 73 heavy (non-hydrogen) atoms. The van der Waals surface area contributed by atoms with Crippen LogP contribution in [0.15, 0.2) is 103 Å². The third-order valence-corrected chi connectivity index (χ3v) is 15.1. The summed E-state index contributed by atoms with van der Waals surface area (Å²) in [5, 5.41) is 18.4. The average molecular weight is 1010 g/mol. The molecule has 12 N–H and O–H groups in total. The lowest BCUT2D eigenvalue weighted by molar-refractivity contribution is -0.136. The summed E-state index contributed by atoms with van der Waals surface area (Å²) >= 11 is 1.51. The Labute approximate surface area is 430 Å². The van der Waals surface area contributed by atoms with Gasteiger partial charge in [0.25, 0.3) is 0 Å². The standard InChI is InChI=1S/C55H71N11O6S/c1-3-34(2)49(65-54(71)45(25-35-15-6-4-7-16-35)63-53(70)46(62-51(68)42(57)21-14-24-56)26-37-29-59-43-22-12-10-19-40(37)43)55(72)64-47(27-38-32-73-48-23-13-11-20-41(38)48)52(69)61-44(50(58)67)28-39-31-66(33-60-39)30-36-17-8-5-9-18-36/h5,8-13,17-20,22-23,29,31-35,42,44-47,49,59H,3-4,6-7,14-16,21,24-28,30,56-57H2,1-2H3,(H2,58,67)(H,61,69)(H,62,68)(H,63,70)(H,64,72)(H,65,71)/t34-,42-,44-,45-,46+,47-,49-/m0/s1. The number of H-pyrrole nitrogens is 1. The van der Waals surface area contributed by atoms with Gasteiger partial charge in [-0.25, -0.2) is 4.98 Å². The molecule has 7 rings (SSSR count). The number of amides is 6. The van der Waals surface area contributed by atoms with Crippen LogP contribution in [0.4, 0.5) is 0 Å². The Hall–Kier alpha value is -6.89. The molecule has 3 aromatic carbocycles.